The lowest BCUT2D eigenvalue weighted by atomic mass is 10.4. The van der Waals surface area contributed by atoms with E-state index < -0.39 is 0 Å². The van der Waals surface area contributed by atoms with Gasteiger partial charge in [-0.05, 0) is 31.7 Å². The average molecular weight is 240 g/mol. The van der Waals surface area contributed by atoms with E-state index >= 15 is 0 Å². The molecule has 0 atom stereocenters. The number of hydrogen-bond acceptors (Lipinski definition) is 5. The summed E-state index contributed by atoms with van der Waals surface area (Å²) >= 11 is 1.43. The number of anilines is 1. The van der Waals surface area contributed by atoms with E-state index in [4.69, 9.17) is 0 Å². The van der Waals surface area contributed by atoms with E-state index in [0.717, 1.165) is 23.9 Å². The summed E-state index contributed by atoms with van der Waals surface area (Å²) in [5.74, 6) is 0.750. The van der Waals surface area contributed by atoms with Crippen molar-refractivity contribution >= 4 is 22.4 Å². The molecule has 1 aromatic rings. The maximum absolute atomic E-state index is 11.5. The van der Waals surface area contributed by atoms with Crippen molar-refractivity contribution in [2.45, 2.75) is 26.2 Å². The molecule has 1 aliphatic carbocycles. The van der Waals surface area contributed by atoms with E-state index in [1.807, 2.05) is 6.92 Å². The van der Waals surface area contributed by atoms with Crippen molar-refractivity contribution in [1.82, 2.24) is 15.5 Å². The standard InChI is InChI=1S/C10H16N4OS/c1-2-9-13-14-10(16-9)12-8(15)6-11-5-7-3-4-7/h7,11H,2-6H2,1H3,(H,12,14,15). The number of nitrogens with zero attached hydrogens (tertiary/aromatic N) is 2. The minimum atomic E-state index is -0.0422. The summed E-state index contributed by atoms with van der Waals surface area (Å²) in [5.41, 5.74) is 0. The third-order valence-electron chi connectivity index (χ3n) is 2.43. The molecule has 0 radical (unpaired) electrons. The topological polar surface area (TPSA) is 66.9 Å². The molecule has 16 heavy (non-hydrogen) atoms. The van der Waals surface area contributed by atoms with Crippen molar-refractivity contribution in [3.63, 3.8) is 0 Å². The average Bonchev–Trinajstić information content (AvgIpc) is 2.97. The minimum Gasteiger partial charge on any atom is -0.308 e. The Morgan fingerprint density at radius 2 is 2.31 bits per heavy atom. The summed E-state index contributed by atoms with van der Waals surface area (Å²) in [6.07, 6.45) is 3.45. The van der Waals surface area contributed by atoms with E-state index in [0.29, 0.717) is 11.7 Å². The van der Waals surface area contributed by atoms with Crippen LogP contribution in [0.1, 0.15) is 24.8 Å². The van der Waals surface area contributed by atoms with Crippen molar-refractivity contribution in [3.05, 3.63) is 5.01 Å². The van der Waals surface area contributed by atoms with Crippen LogP contribution in [0.25, 0.3) is 0 Å². The van der Waals surface area contributed by atoms with Crippen LogP contribution in [-0.4, -0.2) is 29.2 Å². The van der Waals surface area contributed by atoms with Crippen molar-refractivity contribution in [2.24, 2.45) is 5.92 Å². The van der Waals surface area contributed by atoms with Crippen molar-refractivity contribution in [2.75, 3.05) is 18.4 Å². The fourth-order valence-corrected chi connectivity index (χ4v) is 2.02. The van der Waals surface area contributed by atoms with Gasteiger partial charge in [0.25, 0.3) is 0 Å². The smallest absolute Gasteiger partial charge is 0.240 e. The Balaban J connectivity index is 1.68. The lowest BCUT2D eigenvalue weighted by Gasteiger charge is -2.02. The lowest BCUT2D eigenvalue weighted by Crippen LogP contribution is -2.29. The van der Waals surface area contributed by atoms with Gasteiger partial charge in [-0.3, -0.25) is 10.1 Å². The first-order valence-corrected chi connectivity index (χ1v) is 6.42. The molecule has 0 unspecified atom stereocenters. The van der Waals surface area contributed by atoms with Crippen LogP contribution in [-0.2, 0) is 11.2 Å². The minimum absolute atomic E-state index is 0.0422. The maximum Gasteiger partial charge on any atom is 0.240 e. The molecule has 2 N–H and O–H groups in total. The van der Waals surface area contributed by atoms with Crippen LogP contribution in [0, 0.1) is 5.92 Å². The van der Waals surface area contributed by atoms with Crippen LogP contribution in [0.3, 0.4) is 0 Å². The third kappa shape index (κ3) is 3.53. The number of amides is 1. The van der Waals surface area contributed by atoms with Crippen LogP contribution >= 0.6 is 11.3 Å². The predicted octanol–water partition coefficient (Wildman–Crippen LogP) is 1.04. The van der Waals surface area contributed by atoms with Gasteiger partial charge in [0.1, 0.15) is 5.01 Å². The zero-order valence-electron chi connectivity index (χ0n) is 9.32. The van der Waals surface area contributed by atoms with E-state index in [-0.39, 0.29) is 5.91 Å². The molecule has 1 aromatic heterocycles. The summed E-state index contributed by atoms with van der Waals surface area (Å²) < 4.78 is 0. The number of aromatic nitrogens is 2. The first-order chi connectivity index (χ1) is 7.78. The summed E-state index contributed by atoms with van der Waals surface area (Å²) in [7, 11) is 0. The molecule has 88 valence electrons. The number of rotatable bonds is 6. The highest BCUT2D eigenvalue weighted by molar-refractivity contribution is 7.15. The molecule has 1 saturated carbocycles. The summed E-state index contributed by atoms with van der Waals surface area (Å²) in [6, 6.07) is 0. The fraction of sp³-hybridized carbons (Fsp3) is 0.700. The first-order valence-electron chi connectivity index (χ1n) is 5.61. The van der Waals surface area contributed by atoms with Crippen molar-refractivity contribution in [1.29, 1.82) is 0 Å². The summed E-state index contributed by atoms with van der Waals surface area (Å²) in [5, 5.41) is 15.2. The molecule has 5 nitrogen and oxygen atoms in total. The molecule has 0 saturated heterocycles. The van der Waals surface area contributed by atoms with E-state index in [2.05, 4.69) is 20.8 Å². The van der Waals surface area contributed by atoms with Gasteiger partial charge in [-0.15, -0.1) is 10.2 Å². The second kappa shape index (κ2) is 5.36. The Morgan fingerprint density at radius 3 is 2.94 bits per heavy atom. The number of nitrogens with one attached hydrogen (secondary N) is 2. The Kier molecular flexibility index (Phi) is 3.84. The summed E-state index contributed by atoms with van der Waals surface area (Å²) in [4.78, 5) is 11.5. The van der Waals surface area contributed by atoms with Gasteiger partial charge in [-0.2, -0.15) is 0 Å². The van der Waals surface area contributed by atoms with Gasteiger partial charge in [0.2, 0.25) is 11.0 Å². The van der Waals surface area contributed by atoms with Crippen molar-refractivity contribution < 1.29 is 4.79 Å². The second-order valence-electron chi connectivity index (χ2n) is 3.98. The summed E-state index contributed by atoms with van der Waals surface area (Å²) in [6.45, 7) is 3.32. The quantitative estimate of drug-likeness (QED) is 0.779. The van der Waals surface area contributed by atoms with Gasteiger partial charge in [0, 0.05) is 0 Å². The zero-order chi connectivity index (χ0) is 11.4. The molecule has 1 heterocycles. The molecule has 1 aliphatic rings. The zero-order valence-corrected chi connectivity index (χ0v) is 10.1. The molecule has 2 rings (SSSR count). The normalized spacial score (nSPS) is 15.1. The van der Waals surface area contributed by atoms with Gasteiger partial charge < -0.3 is 5.32 Å². The fourth-order valence-electron chi connectivity index (χ4n) is 1.32. The highest BCUT2D eigenvalue weighted by Crippen LogP contribution is 2.27. The number of carbonyl (C=O) groups is 1. The van der Waals surface area contributed by atoms with Crippen LogP contribution < -0.4 is 10.6 Å². The van der Waals surface area contributed by atoms with Gasteiger partial charge in [-0.25, -0.2) is 0 Å². The van der Waals surface area contributed by atoms with Gasteiger partial charge in [-0.1, -0.05) is 18.3 Å². The van der Waals surface area contributed by atoms with Gasteiger partial charge in [0.05, 0.1) is 6.54 Å². The maximum atomic E-state index is 11.5. The molecular weight excluding hydrogens is 224 g/mol. The third-order valence-corrected chi connectivity index (χ3v) is 3.41. The molecule has 0 spiro atoms. The van der Waals surface area contributed by atoms with E-state index in [1.165, 1.54) is 24.2 Å². The Hall–Kier alpha value is -1.01. The number of carbonyl (C=O) groups excluding carboxylic acids is 1. The lowest BCUT2D eigenvalue weighted by molar-refractivity contribution is -0.115. The molecule has 1 fully saturated rings. The van der Waals surface area contributed by atoms with Crippen LogP contribution in [0.2, 0.25) is 0 Å². The largest absolute Gasteiger partial charge is 0.308 e. The van der Waals surface area contributed by atoms with Crippen LogP contribution in [0.4, 0.5) is 5.13 Å². The number of hydrogen-bond donors (Lipinski definition) is 2. The monoisotopic (exact) mass is 240 g/mol. The van der Waals surface area contributed by atoms with E-state index in [1.54, 1.807) is 0 Å². The SMILES string of the molecule is CCc1nnc(NC(=O)CNCC2CC2)s1. The van der Waals surface area contributed by atoms with Gasteiger partial charge in [0.15, 0.2) is 0 Å². The first kappa shape index (κ1) is 11.5. The second-order valence-corrected chi connectivity index (χ2v) is 5.04. The molecule has 0 aromatic carbocycles. The van der Waals surface area contributed by atoms with Crippen LogP contribution in [0.5, 0.6) is 0 Å². The highest BCUT2D eigenvalue weighted by atomic mass is 32.1. The van der Waals surface area contributed by atoms with Crippen LogP contribution in [0.15, 0.2) is 0 Å². The Labute approximate surface area is 98.7 Å². The molecule has 0 aliphatic heterocycles. The highest BCUT2D eigenvalue weighted by Gasteiger charge is 2.20. The Bertz CT molecular complexity index is 361. The predicted molar refractivity (Wildman–Crippen MR) is 63.5 cm³/mol. The molecule has 0 bridgehead atoms. The Morgan fingerprint density at radius 1 is 1.50 bits per heavy atom. The van der Waals surface area contributed by atoms with Crippen molar-refractivity contribution in [3.8, 4) is 0 Å². The van der Waals surface area contributed by atoms with E-state index in [9.17, 15) is 4.79 Å². The molecule has 1 amide bonds. The molecular formula is C10H16N4OS. The number of aryl methyl sites for hydroxylation is 1. The molecule has 6 heteroatoms. The van der Waals surface area contributed by atoms with Gasteiger partial charge >= 0.3 is 0 Å².